The fourth-order valence-corrected chi connectivity index (χ4v) is 3.30. The molecule has 0 aliphatic carbocycles. The zero-order valence-corrected chi connectivity index (χ0v) is 12.5. The Morgan fingerprint density at radius 3 is 2.20 bits per heavy atom. The van der Waals surface area contributed by atoms with E-state index in [-0.39, 0.29) is 0 Å². The van der Waals surface area contributed by atoms with Crippen LogP contribution in [0.15, 0.2) is 24.3 Å². The number of aliphatic hydroxyl groups excluding tert-OH is 1. The van der Waals surface area contributed by atoms with Gasteiger partial charge in [-0.25, -0.2) is 0 Å². The van der Waals surface area contributed by atoms with Crippen LogP contribution in [0.25, 0.3) is 0 Å². The molecular formula is C17H25NO2. The van der Waals surface area contributed by atoms with Crippen LogP contribution in [-0.4, -0.2) is 41.8 Å². The molecule has 3 unspecified atom stereocenters. The van der Waals surface area contributed by atoms with E-state index in [1.165, 1.54) is 18.4 Å². The lowest BCUT2D eigenvalue weighted by atomic mass is 10.00. The first kappa shape index (κ1) is 14.1. The average molecular weight is 275 g/mol. The number of β-amino-alcohol motifs (C(OH)–C–C–N with tert-alkyl or cyclic N) is 1. The number of aliphatic hydroxyl groups is 1. The number of benzene rings is 1. The van der Waals surface area contributed by atoms with Gasteiger partial charge in [-0.3, -0.25) is 4.90 Å². The zero-order chi connectivity index (χ0) is 14.1. The molecular weight excluding hydrogens is 250 g/mol. The lowest BCUT2D eigenvalue weighted by molar-refractivity contribution is -0.0497. The van der Waals surface area contributed by atoms with Crippen LogP contribution in [0.4, 0.5) is 0 Å². The molecule has 0 aromatic heterocycles. The molecule has 2 bridgehead atoms. The predicted octanol–water partition coefficient (Wildman–Crippen LogP) is 2.71. The van der Waals surface area contributed by atoms with E-state index in [9.17, 15) is 5.11 Å². The summed E-state index contributed by atoms with van der Waals surface area (Å²) in [7, 11) is 0. The fraction of sp³-hybridized carbons (Fsp3) is 0.647. The predicted molar refractivity (Wildman–Crippen MR) is 79.8 cm³/mol. The Morgan fingerprint density at radius 1 is 1.10 bits per heavy atom. The molecule has 1 N–H and O–H groups in total. The molecule has 0 amide bonds. The van der Waals surface area contributed by atoms with Crippen molar-refractivity contribution in [3.8, 4) is 0 Å². The highest BCUT2D eigenvalue weighted by atomic mass is 16.5. The van der Waals surface area contributed by atoms with Gasteiger partial charge in [0.2, 0.25) is 0 Å². The van der Waals surface area contributed by atoms with Gasteiger partial charge in [0.15, 0.2) is 0 Å². The second kappa shape index (κ2) is 5.84. The summed E-state index contributed by atoms with van der Waals surface area (Å²) < 4.78 is 5.83. The van der Waals surface area contributed by atoms with E-state index in [0.29, 0.717) is 18.1 Å². The van der Waals surface area contributed by atoms with Gasteiger partial charge in [-0.15, -0.1) is 0 Å². The van der Waals surface area contributed by atoms with Crippen molar-refractivity contribution in [1.29, 1.82) is 0 Å². The van der Waals surface area contributed by atoms with E-state index >= 15 is 0 Å². The summed E-state index contributed by atoms with van der Waals surface area (Å²) >= 11 is 0. The van der Waals surface area contributed by atoms with E-state index in [0.717, 1.165) is 25.2 Å². The van der Waals surface area contributed by atoms with E-state index in [4.69, 9.17) is 4.74 Å². The highest BCUT2D eigenvalue weighted by molar-refractivity contribution is 5.26. The molecule has 3 nitrogen and oxygen atoms in total. The minimum Gasteiger partial charge on any atom is -0.387 e. The highest BCUT2D eigenvalue weighted by Crippen LogP contribution is 2.27. The van der Waals surface area contributed by atoms with Gasteiger partial charge in [-0.05, 0) is 29.9 Å². The van der Waals surface area contributed by atoms with Crippen molar-refractivity contribution in [1.82, 2.24) is 4.90 Å². The van der Waals surface area contributed by atoms with Crippen LogP contribution < -0.4 is 0 Å². The minimum absolute atomic E-state index is 0.393. The van der Waals surface area contributed by atoms with Crippen LogP contribution in [0.2, 0.25) is 0 Å². The van der Waals surface area contributed by atoms with Crippen LogP contribution >= 0.6 is 0 Å². The standard InChI is InChI=1S/C17H25NO2/c1-12(2)13-3-5-14(6-4-13)17(19)11-18-9-15-7-8-16(10-18)20-15/h3-6,12,15-17,19H,7-11H2,1-2H3. The molecule has 3 rings (SSSR count). The molecule has 20 heavy (non-hydrogen) atoms. The number of nitrogens with zero attached hydrogens (tertiary/aromatic N) is 1. The summed E-state index contributed by atoms with van der Waals surface area (Å²) in [5, 5.41) is 10.4. The maximum atomic E-state index is 10.4. The van der Waals surface area contributed by atoms with Gasteiger partial charge < -0.3 is 9.84 Å². The second-order valence-corrected chi connectivity index (χ2v) is 6.51. The zero-order valence-electron chi connectivity index (χ0n) is 12.5. The number of fused-ring (bicyclic) bond motifs is 2. The Labute approximate surface area is 121 Å². The Kier molecular flexibility index (Phi) is 4.11. The van der Waals surface area contributed by atoms with Crippen molar-refractivity contribution in [3.05, 3.63) is 35.4 Å². The lowest BCUT2D eigenvalue weighted by Crippen LogP contribution is -2.44. The maximum Gasteiger partial charge on any atom is 0.0916 e. The molecule has 0 spiro atoms. The molecule has 2 saturated heterocycles. The van der Waals surface area contributed by atoms with Gasteiger partial charge in [0, 0.05) is 19.6 Å². The van der Waals surface area contributed by atoms with Gasteiger partial charge in [0.25, 0.3) is 0 Å². The first-order valence-corrected chi connectivity index (χ1v) is 7.77. The van der Waals surface area contributed by atoms with Crippen LogP contribution in [0.3, 0.4) is 0 Å². The molecule has 110 valence electrons. The van der Waals surface area contributed by atoms with Crippen molar-refractivity contribution in [2.75, 3.05) is 19.6 Å². The fourth-order valence-electron chi connectivity index (χ4n) is 3.30. The number of morpholine rings is 1. The lowest BCUT2D eigenvalue weighted by Gasteiger charge is -2.33. The molecule has 1 aromatic rings. The SMILES string of the molecule is CC(C)c1ccc(C(O)CN2CC3CCC(C2)O3)cc1. The van der Waals surface area contributed by atoms with Crippen LogP contribution in [0, 0.1) is 0 Å². The number of likely N-dealkylation sites (tertiary alicyclic amines) is 1. The highest BCUT2D eigenvalue weighted by Gasteiger charge is 2.34. The largest absolute Gasteiger partial charge is 0.387 e. The quantitative estimate of drug-likeness (QED) is 0.917. The van der Waals surface area contributed by atoms with Crippen molar-refractivity contribution >= 4 is 0 Å². The maximum absolute atomic E-state index is 10.4. The Balaban J connectivity index is 1.59. The third-order valence-corrected chi connectivity index (χ3v) is 4.54. The summed E-state index contributed by atoms with van der Waals surface area (Å²) in [5.41, 5.74) is 2.35. The number of hydrogen-bond acceptors (Lipinski definition) is 3. The second-order valence-electron chi connectivity index (χ2n) is 6.51. The molecule has 0 radical (unpaired) electrons. The average Bonchev–Trinajstić information content (AvgIpc) is 2.78. The Bertz CT molecular complexity index is 431. The van der Waals surface area contributed by atoms with Crippen LogP contribution in [0.5, 0.6) is 0 Å². The summed E-state index contributed by atoms with van der Waals surface area (Å²) in [6, 6.07) is 8.39. The van der Waals surface area contributed by atoms with Crippen molar-refractivity contribution in [3.63, 3.8) is 0 Å². The van der Waals surface area contributed by atoms with E-state index in [2.05, 4.69) is 43.0 Å². The minimum atomic E-state index is -0.395. The molecule has 0 saturated carbocycles. The van der Waals surface area contributed by atoms with E-state index < -0.39 is 6.10 Å². The Morgan fingerprint density at radius 2 is 1.65 bits per heavy atom. The van der Waals surface area contributed by atoms with Crippen molar-refractivity contribution in [2.24, 2.45) is 0 Å². The smallest absolute Gasteiger partial charge is 0.0916 e. The molecule has 2 heterocycles. The van der Waals surface area contributed by atoms with Crippen molar-refractivity contribution in [2.45, 2.75) is 50.9 Å². The Hall–Kier alpha value is -0.900. The molecule has 1 aromatic carbocycles. The third kappa shape index (κ3) is 3.05. The molecule has 3 atom stereocenters. The number of rotatable bonds is 4. The van der Waals surface area contributed by atoms with Crippen LogP contribution in [0.1, 0.15) is 49.8 Å². The third-order valence-electron chi connectivity index (χ3n) is 4.54. The van der Waals surface area contributed by atoms with Crippen molar-refractivity contribution < 1.29 is 9.84 Å². The summed E-state index contributed by atoms with van der Waals surface area (Å²) in [4.78, 5) is 2.35. The molecule has 2 aliphatic rings. The number of hydrogen-bond donors (Lipinski definition) is 1. The van der Waals surface area contributed by atoms with Gasteiger partial charge in [0.1, 0.15) is 0 Å². The van der Waals surface area contributed by atoms with E-state index in [1.54, 1.807) is 0 Å². The summed E-state index contributed by atoms with van der Waals surface area (Å²) in [6.45, 7) is 7.04. The number of ether oxygens (including phenoxy) is 1. The van der Waals surface area contributed by atoms with Gasteiger partial charge in [0.05, 0.1) is 18.3 Å². The monoisotopic (exact) mass is 275 g/mol. The normalized spacial score (nSPS) is 28.0. The molecule has 2 fully saturated rings. The van der Waals surface area contributed by atoms with Gasteiger partial charge in [-0.2, -0.15) is 0 Å². The first-order valence-electron chi connectivity index (χ1n) is 7.77. The van der Waals surface area contributed by atoms with Crippen LogP contribution in [-0.2, 0) is 4.74 Å². The molecule has 2 aliphatic heterocycles. The van der Waals surface area contributed by atoms with E-state index in [1.807, 2.05) is 0 Å². The van der Waals surface area contributed by atoms with Gasteiger partial charge in [-0.1, -0.05) is 38.1 Å². The summed E-state index contributed by atoms with van der Waals surface area (Å²) in [6.07, 6.45) is 2.75. The topological polar surface area (TPSA) is 32.7 Å². The van der Waals surface area contributed by atoms with Gasteiger partial charge >= 0.3 is 0 Å². The first-order chi connectivity index (χ1) is 9.61. The summed E-state index contributed by atoms with van der Waals surface area (Å²) in [5.74, 6) is 0.538. The molecule has 3 heteroatoms.